The van der Waals surface area contributed by atoms with Gasteiger partial charge in [-0.3, -0.25) is 4.79 Å². The molecule has 0 unspecified atom stereocenters. The number of allylic oxidation sites excluding steroid dienone is 1. The van der Waals surface area contributed by atoms with Crippen molar-refractivity contribution in [1.29, 1.82) is 0 Å². The SMILES string of the molecule is CCCCOc1ccccc1[C@H]1Nc2ccccc2NC2=C1C(=O)C[C@@H](c1ccccc1)C2. The lowest BCUT2D eigenvalue weighted by Crippen LogP contribution is -2.27. The van der Waals surface area contributed by atoms with Gasteiger partial charge in [0.15, 0.2) is 5.78 Å². The third kappa shape index (κ3) is 4.38. The molecular formula is C29H30N2O2. The van der Waals surface area contributed by atoms with Crippen molar-refractivity contribution in [2.45, 2.75) is 44.6 Å². The van der Waals surface area contributed by atoms with E-state index in [-0.39, 0.29) is 17.7 Å². The molecule has 4 heteroatoms. The number of anilines is 2. The van der Waals surface area contributed by atoms with E-state index in [1.54, 1.807) is 0 Å². The Morgan fingerprint density at radius 1 is 0.879 bits per heavy atom. The smallest absolute Gasteiger partial charge is 0.163 e. The first-order valence-corrected chi connectivity index (χ1v) is 11.9. The molecule has 0 radical (unpaired) electrons. The number of ether oxygens (including phenoxy) is 1. The minimum atomic E-state index is -0.266. The van der Waals surface area contributed by atoms with Gasteiger partial charge >= 0.3 is 0 Å². The summed E-state index contributed by atoms with van der Waals surface area (Å²) in [6.07, 6.45) is 3.40. The molecule has 3 aromatic carbocycles. The Balaban J connectivity index is 1.58. The van der Waals surface area contributed by atoms with Crippen LogP contribution in [-0.4, -0.2) is 12.4 Å². The summed E-state index contributed by atoms with van der Waals surface area (Å²) >= 11 is 0. The monoisotopic (exact) mass is 438 g/mol. The molecule has 33 heavy (non-hydrogen) atoms. The van der Waals surface area contributed by atoms with Gasteiger partial charge < -0.3 is 15.4 Å². The number of benzene rings is 3. The fraction of sp³-hybridized carbons (Fsp3) is 0.276. The maximum absolute atomic E-state index is 13.7. The average Bonchev–Trinajstić information content (AvgIpc) is 3.02. The molecule has 0 fully saturated rings. The fourth-order valence-corrected chi connectivity index (χ4v) is 4.86. The van der Waals surface area contributed by atoms with Crippen LogP contribution in [0.2, 0.25) is 0 Å². The predicted octanol–water partition coefficient (Wildman–Crippen LogP) is 6.85. The Kier molecular flexibility index (Phi) is 6.16. The number of carbonyl (C=O) groups is 1. The molecule has 3 aromatic rings. The van der Waals surface area contributed by atoms with E-state index >= 15 is 0 Å². The summed E-state index contributed by atoms with van der Waals surface area (Å²) in [5, 5.41) is 7.29. The number of Topliss-reactive ketones (excluding diaryl/α,β-unsaturated/α-hetero) is 1. The molecule has 0 spiro atoms. The van der Waals surface area contributed by atoms with Crippen LogP contribution in [0.15, 0.2) is 90.1 Å². The van der Waals surface area contributed by atoms with Crippen molar-refractivity contribution < 1.29 is 9.53 Å². The van der Waals surface area contributed by atoms with Gasteiger partial charge in [0.2, 0.25) is 0 Å². The van der Waals surface area contributed by atoms with Crippen molar-refractivity contribution >= 4 is 17.2 Å². The third-order valence-corrected chi connectivity index (χ3v) is 6.57. The van der Waals surface area contributed by atoms with E-state index in [0.29, 0.717) is 13.0 Å². The normalized spacial score (nSPS) is 19.6. The minimum Gasteiger partial charge on any atom is -0.493 e. The van der Waals surface area contributed by atoms with Gasteiger partial charge in [-0.25, -0.2) is 0 Å². The second-order valence-electron chi connectivity index (χ2n) is 8.82. The summed E-state index contributed by atoms with van der Waals surface area (Å²) in [6.45, 7) is 2.83. The molecule has 0 amide bonds. The van der Waals surface area contributed by atoms with Gasteiger partial charge in [0.05, 0.1) is 24.0 Å². The van der Waals surface area contributed by atoms with Crippen LogP contribution in [0.25, 0.3) is 0 Å². The number of hydrogen-bond acceptors (Lipinski definition) is 4. The first-order valence-electron chi connectivity index (χ1n) is 11.9. The van der Waals surface area contributed by atoms with E-state index < -0.39 is 0 Å². The number of rotatable bonds is 6. The van der Waals surface area contributed by atoms with Crippen LogP contribution in [0.4, 0.5) is 11.4 Å². The number of hydrogen-bond donors (Lipinski definition) is 2. The van der Waals surface area contributed by atoms with Gasteiger partial charge in [0, 0.05) is 23.3 Å². The highest BCUT2D eigenvalue weighted by Crippen LogP contribution is 2.45. The Morgan fingerprint density at radius 2 is 1.61 bits per heavy atom. The molecule has 0 saturated heterocycles. The zero-order valence-electron chi connectivity index (χ0n) is 19.0. The molecule has 1 aliphatic heterocycles. The summed E-state index contributed by atoms with van der Waals surface area (Å²) in [5.74, 6) is 1.20. The van der Waals surface area contributed by atoms with E-state index in [2.05, 4.69) is 47.9 Å². The first kappa shape index (κ1) is 21.3. The van der Waals surface area contributed by atoms with Crippen LogP contribution >= 0.6 is 0 Å². The van der Waals surface area contributed by atoms with E-state index in [1.807, 2.05) is 48.5 Å². The van der Waals surface area contributed by atoms with Crippen LogP contribution < -0.4 is 15.4 Å². The highest BCUT2D eigenvalue weighted by atomic mass is 16.5. The molecule has 1 heterocycles. The molecular weight excluding hydrogens is 408 g/mol. The molecule has 2 aliphatic rings. The Bertz CT molecular complexity index is 1170. The van der Waals surface area contributed by atoms with E-state index in [1.165, 1.54) is 5.56 Å². The van der Waals surface area contributed by atoms with Gasteiger partial charge in [-0.15, -0.1) is 0 Å². The van der Waals surface area contributed by atoms with Crippen molar-refractivity contribution in [3.05, 3.63) is 101 Å². The first-order chi connectivity index (χ1) is 16.2. The van der Waals surface area contributed by atoms with Crippen molar-refractivity contribution in [2.24, 2.45) is 0 Å². The Labute approximate surface area is 195 Å². The lowest BCUT2D eigenvalue weighted by molar-refractivity contribution is -0.116. The van der Waals surface area contributed by atoms with Crippen LogP contribution in [0.5, 0.6) is 5.75 Å². The number of fused-ring (bicyclic) bond motifs is 1. The molecule has 168 valence electrons. The van der Waals surface area contributed by atoms with Gasteiger partial charge in [-0.2, -0.15) is 0 Å². The van der Waals surface area contributed by atoms with Crippen LogP contribution in [0.1, 0.15) is 55.7 Å². The predicted molar refractivity (Wildman–Crippen MR) is 134 cm³/mol. The van der Waals surface area contributed by atoms with Crippen LogP contribution in [0.3, 0.4) is 0 Å². The molecule has 4 nitrogen and oxygen atoms in total. The second-order valence-corrected chi connectivity index (χ2v) is 8.82. The topological polar surface area (TPSA) is 50.4 Å². The van der Waals surface area contributed by atoms with Crippen molar-refractivity contribution in [3.63, 3.8) is 0 Å². The Morgan fingerprint density at radius 3 is 2.42 bits per heavy atom. The maximum atomic E-state index is 13.7. The molecule has 0 bridgehead atoms. The molecule has 1 aliphatic carbocycles. The van der Waals surface area contributed by atoms with Gasteiger partial charge in [0.25, 0.3) is 0 Å². The lowest BCUT2D eigenvalue weighted by Gasteiger charge is -2.30. The summed E-state index contributed by atoms with van der Waals surface area (Å²) in [5.41, 5.74) is 6.04. The number of nitrogens with one attached hydrogen (secondary N) is 2. The van der Waals surface area contributed by atoms with Crippen molar-refractivity contribution in [1.82, 2.24) is 0 Å². The lowest BCUT2D eigenvalue weighted by atomic mass is 9.78. The number of para-hydroxylation sites is 3. The highest BCUT2D eigenvalue weighted by Gasteiger charge is 2.36. The van der Waals surface area contributed by atoms with E-state index in [0.717, 1.165) is 53.2 Å². The molecule has 0 aromatic heterocycles. The zero-order chi connectivity index (χ0) is 22.6. The quantitative estimate of drug-likeness (QED) is 0.414. The van der Waals surface area contributed by atoms with Crippen LogP contribution in [0, 0.1) is 0 Å². The minimum absolute atomic E-state index is 0.173. The van der Waals surface area contributed by atoms with Crippen LogP contribution in [-0.2, 0) is 4.79 Å². The third-order valence-electron chi connectivity index (χ3n) is 6.57. The number of ketones is 1. The number of unbranched alkanes of at least 4 members (excludes halogenated alkanes) is 1. The summed E-state index contributed by atoms with van der Waals surface area (Å²) in [7, 11) is 0. The summed E-state index contributed by atoms with van der Waals surface area (Å²) in [4.78, 5) is 13.7. The van der Waals surface area contributed by atoms with Gasteiger partial charge in [-0.05, 0) is 42.5 Å². The van der Waals surface area contributed by atoms with Gasteiger partial charge in [0.1, 0.15) is 5.75 Å². The zero-order valence-corrected chi connectivity index (χ0v) is 19.0. The summed E-state index contributed by atoms with van der Waals surface area (Å²) in [6, 6.07) is 26.4. The van der Waals surface area contributed by atoms with E-state index in [4.69, 9.17) is 4.74 Å². The van der Waals surface area contributed by atoms with E-state index in [9.17, 15) is 4.79 Å². The fourth-order valence-electron chi connectivity index (χ4n) is 4.86. The van der Waals surface area contributed by atoms with Crippen molar-refractivity contribution in [2.75, 3.05) is 17.2 Å². The second kappa shape index (κ2) is 9.53. The molecule has 0 saturated carbocycles. The van der Waals surface area contributed by atoms with Crippen molar-refractivity contribution in [3.8, 4) is 5.75 Å². The largest absolute Gasteiger partial charge is 0.493 e. The average molecular weight is 439 g/mol. The summed E-state index contributed by atoms with van der Waals surface area (Å²) < 4.78 is 6.17. The Hall–Kier alpha value is -3.53. The molecule has 2 N–H and O–H groups in total. The highest BCUT2D eigenvalue weighted by molar-refractivity contribution is 6.01. The van der Waals surface area contributed by atoms with Gasteiger partial charge in [-0.1, -0.05) is 74.0 Å². The molecule has 2 atom stereocenters. The maximum Gasteiger partial charge on any atom is 0.163 e. The standard InChI is InChI=1S/C29H30N2O2/c1-2-3-17-33-27-16-10-7-13-22(27)29-28-25(30-23-14-8-9-15-24(23)31-29)18-21(19-26(28)32)20-11-5-4-6-12-20/h4-16,21,29-31H,2-3,17-19H2,1H3/t21-,29+/m0/s1. The number of carbonyl (C=O) groups excluding carboxylic acids is 1. The molecule has 5 rings (SSSR count).